The lowest BCUT2D eigenvalue weighted by atomic mass is 9.98. The van der Waals surface area contributed by atoms with Crippen molar-refractivity contribution in [1.82, 2.24) is 15.5 Å². The molecule has 1 saturated heterocycles. The molecular weight excluding hydrogens is 594 g/mol. The number of hydrogen-bond donors (Lipinski definition) is 3. The molecule has 250 valence electrons. The number of ether oxygens (including phenoxy) is 3. The van der Waals surface area contributed by atoms with E-state index in [2.05, 4.69) is 46.4 Å². The van der Waals surface area contributed by atoms with Crippen LogP contribution in [0.5, 0.6) is 0 Å². The molecule has 1 heterocycles. The van der Waals surface area contributed by atoms with Gasteiger partial charge in [-0.1, -0.05) is 85.6 Å². The molecule has 3 N–H and O–H groups in total. The monoisotopic (exact) mass is 641 g/mol. The van der Waals surface area contributed by atoms with Gasteiger partial charge >= 0.3 is 12.0 Å². The van der Waals surface area contributed by atoms with Crippen LogP contribution in [0, 0.1) is 0 Å². The molecule has 3 unspecified atom stereocenters. The summed E-state index contributed by atoms with van der Waals surface area (Å²) in [6.45, 7) is 7.82. The predicted molar refractivity (Wildman–Crippen MR) is 181 cm³/mol. The van der Waals surface area contributed by atoms with E-state index in [1.807, 2.05) is 54.6 Å². The molecule has 0 radical (unpaired) electrons. The molecule has 0 aromatic heterocycles. The van der Waals surface area contributed by atoms with E-state index in [4.69, 9.17) is 14.2 Å². The van der Waals surface area contributed by atoms with Crippen LogP contribution in [0.2, 0.25) is 0 Å². The smallest absolute Gasteiger partial charge is 0.325 e. The van der Waals surface area contributed by atoms with Gasteiger partial charge < -0.3 is 30.0 Å². The van der Waals surface area contributed by atoms with Crippen molar-refractivity contribution in [2.45, 2.75) is 76.7 Å². The molecule has 1 saturated carbocycles. The average molecular weight is 642 g/mol. The lowest BCUT2D eigenvalue weighted by molar-refractivity contribution is -0.253. The van der Waals surface area contributed by atoms with Gasteiger partial charge in [0, 0.05) is 37.7 Å². The maximum Gasteiger partial charge on any atom is 0.325 e. The van der Waals surface area contributed by atoms with Gasteiger partial charge in [0.25, 0.3) is 0 Å². The SMILES string of the molecule is C=CCN(CC1CC(c2ccc(CO)cc2)OC(c2ccc(-c3cccc(CNC(=O)NCC(=O)OCC)c3)cc2)O1)C1CCCC1. The minimum atomic E-state index is -0.525. The second-order valence-corrected chi connectivity index (χ2v) is 12.2. The molecule has 3 atom stereocenters. The van der Waals surface area contributed by atoms with Crippen molar-refractivity contribution in [3.63, 3.8) is 0 Å². The minimum Gasteiger partial charge on any atom is -0.465 e. The molecule has 1 aliphatic heterocycles. The van der Waals surface area contributed by atoms with E-state index in [0.29, 0.717) is 12.6 Å². The quantitative estimate of drug-likeness (QED) is 0.142. The van der Waals surface area contributed by atoms with Crippen LogP contribution in [0.3, 0.4) is 0 Å². The number of nitrogens with one attached hydrogen (secondary N) is 2. The summed E-state index contributed by atoms with van der Waals surface area (Å²) in [5.74, 6) is -0.474. The highest BCUT2D eigenvalue weighted by Crippen LogP contribution is 2.39. The van der Waals surface area contributed by atoms with E-state index in [0.717, 1.165) is 52.9 Å². The lowest BCUT2D eigenvalue weighted by Gasteiger charge is -2.39. The van der Waals surface area contributed by atoms with Gasteiger partial charge in [-0.15, -0.1) is 6.58 Å². The summed E-state index contributed by atoms with van der Waals surface area (Å²) in [4.78, 5) is 26.1. The average Bonchev–Trinajstić information content (AvgIpc) is 3.65. The zero-order valence-corrected chi connectivity index (χ0v) is 27.2. The molecule has 2 fully saturated rings. The van der Waals surface area contributed by atoms with Crippen LogP contribution in [0.1, 0.15) is 73.7 Å². The summed E-state index contributed by atoms with van der Waals surface area (Å²) in [5.41, 5.74) is 5.88. The number of urea groups is 1. The Kier molecular flexibility index (Phi) is 12.6. The number of aliphatic hydroxyl groups excluding tert-OH is 1. The fourth-order valence-electron chi connectivity index (χ4n) is 6.41. The lowest BCUT2D eigenvalue weighted by Crippen LogP contribution is -2.43. The Labute approximate surface area is 277 Å². The number of carbonyl (C=O) groups is 2. The van der Waals surface area contributed by atoms with Crippen molar-refractivity contribution in [3.8, 4) is 11.1 Å². The third-order valence-corrected chi connectivity index (χ3v) is 8.85. The molecule has 3 aromatic carbocycles. The van der Waals surface area contributed by atoms with Crippen molar-refractivity contribution in [2.75, 3.05) is 26.2 Å². The van der Waals surface area contributed by atoms with Crippen LogP contribution in [-0.2, 0) is 32.2 Å². The first-order valence-electron chi connectivity index (χ1n) is 16.7. The third-order valence-electron chi connectivity index (χ3n) is 8.85. The number of rotatable bonds is 14. The first-order valence-corrected chi connectivity index (χ1v) is 16.7. The molecule has 47 heavy (non-hydrogen) atoms. The fraction of sp³-hybridized carbons (Fsp3) is 0.421. The van der Waals surface area contributed by atoms with Gasteiger partial charge in [0.05, 0.1) is 25.4 Å². The van der Waals surface area contributed by atoms with Crippen LogP contribution in [0.25, 0.3) is 11.1 Å². The Morgan fingerprint density at radius 1 is 0.957 bits per heavy atom. The number of nitrogens with zero attached hydrogens (tertiary/aromatic N) is 1. The molecule has 9 heteroatoms. The number of amides is 2. The third kappa shape index (κ3) is 9.74. The summed E-state index contributed by atoms with van der Waals surface area (Å²) in [6.07, 6.45) is 7.03. The predicted octanol–water partition coefficient (Wildman–Crippen LogP) is 6.18. The van der Waals surface area contributed by atoms with Crippen LogP contribution in [-0.4, -0.2) is 60.4 Å². The molecule has 0 spiro atoms. The van der Waals surface area contributed by atoms with E-state index in [1.54, 1.807) is 6.92 Å². The number of hydrogen-bond acceptors (Lipinski definition) is 7. The van der Waals surface area contributed by atoms with Crippen molar-refractivity contribution in [3.05, 3.63) is 108 Å². The summed E-state index contributed by atoms with van der Waals surface area (Å²) in [6, 6.07) is 24.3. The number of aliphatic hydroxyl groups is 1. The molecule has 2 amide bonds. The van der Waals surface area contributed by atoms with Gasteiger partial charge in [0.15, 0.2) is 6.29 Å². The van der Waals surface area contributed by atoms with Crippen LogP contribution in [0.15, 0.2) is 85.5 Å². The van der Waals surface area contributed by atoms with Crippen LogP contribution in [0.4, 0.5) is 4.79 Å². The Bertz CT molecular complexity index is 1450. The van der Waals surface area contributed by atoms with E-state index in [1.165, 1.54) is 25.7 Å². The highest BCUT2D eigenvalue weighted by atomic mass is 16.7. The number of esters is 1. The zero-order valence-electron chi connectivity index (χ0n) is 27.2. The van der Waals surface area contributed by atoms with Crippen molar-refractivity contribution in [1.29, 1.82) is 0 Å². The van der Waals surface area contributed by atoms with Crippen molar-refractivity contribution >= 4 is 12.0 Å². The Balaban J connectivity index is 1.27. The summed E-state index contributed by atoms with van der Waals surface area (Å²) in [5, 5.41) is 14.8. The summed E-state index contributed by atoms with van der Waals surface area (Å²) < 4.78 is 18.1. The highest BCUT2D eigenvalue weighted by Gasteiger charge is 2.34. The first-order chi connectivity index (χ1) is 22.9. The molecule has 0 bridgehead atoms. The molecular formula is C38H47N3O6. The van der Waals surface area contributed by atoms with E-state index >= 15 is 0 Å². The maximum absolute atomic E-state index is 12.1. The Hall–Kier alpha value is -4.02. The standard InChI is InChI=1S/C38H47N3O6/c1-3-20-41(33-10-5-6-11-33)25-34-22-35(30-14-12-27(26-42)13-15-30)47-37(46-34)31-18-16-29(17-19-31)32-9-7-8-28(21-32)23-39-38(44)40-24-36(43)45-4-2/h3,7-9,12-19,21,33-35,37,42H,1,4-6,10-11,20,22-26H2,2H3,(H2,39,40,44). The zero-order chi connectivity index (χ0) is 33.0. The molecule has 2 aliphatic rings. The molecule has 9 nitrogen and oxygen atoms in total. The van der Waals surface area contributed by atoms with Crippen LogP contribution < -0.4 is 10.6 Å². The minimum absolute atomic E-state index is 0.0102. The second kappa shape index (κ2) is 17.2. The number of benzene rings is 3. The summed E-state index contributed by atoms with van der Waals surface area (Å²) >= 11 is 0. The van der Waals surface area contributed by atoms with E-state index < -0.39 is 18.3 Å². The second-order valence-electron chi connectivity index (χ2n) is 12.2. The van der Waals surface area contributed by atoms with Gasteiger partial charge in [0.2, 0.25) is 0 Å². The summed E-state index contributed by atoms with van der Waals surface area (Å²) in [7, 11) is 0. The Morgan fingerprint density at radius 2 is 1.70 bits per heavy atom. The Morgan fingerprint density at radius 3 is 2.40 bits per heavy atom. The van der Waals surface area contributed by atoms with Crippen molar-refractivity contribution in [2.24, 2.45) is 0 Å². The topological polar surface area (TPSA) is 109 Å². The van der Waals surface area contributed by atoms with E-state index in [-0.39, 0.29) is 32.0 Å². The number of carbonyl (C=O) groups excluding carboxylic acids is 2. The highest BCUT2D eigenvalue weighted by molar-refractivity contribution is 5.80. The maximum atomic E-state index is 12.1. The van der Waals surface area contributed by atoms with Crippen LogP contribution >= 0.6 is 0 Å². The molecule has 3 aromatic rings. The van der Waals surface area contributed by atoms with Gasteiger partial charge in [-0.05, 0) is 53.6 Å². The first kappa shape index (κ1) is 34.3. The van der Waals surface area contributed by atoms with Gasteiger partial charge in [0.1, 0.15) is 6.54 Å². The van der Waals surface area contributed by atoms with Crippen molar-refractivity contribution < 1.29 is 28.9 Å². The molecule has 1 aliphatic carbocycles. The molecule has 5 rings (SSSR count). The van der Waals surface area contributed by atoms with Gasteiger partial charge in [-0.2, -0.15) is 0 Å². The van der Waals surface area contributed by atoms with E-state index in [9.17, 15) is 14.7 Å². The fourth-order valence-corrected chi connectivity index (χ4v) is 6.41. The van der Waals surface area contributed by atoms with Gasteiger partial charge in [-0.3, -0.25) is 9.69 Å². The largest absolute Gasteiger partial charge is 0.465 e. The normalized spacial score (nSPS) is 19.8. The van der Waals surface area contributed by atoms with Gasteiger partial charge in [-0.25, -0.2) is 4.79 Å².